The molecule has 0 aliphatic carbocycles. The van der Waals surface area contributed by atoms with Crippen LogP contribution in [0.25, 0.3) is 0 Å². The monoisotopic (exact) mass is 901 g/mol. The van der Waals surface area contributed by atoms with Gasteiger partial charge in [0.2, 0.25) is 0 Å². The predicted octanol–water partition coefficient (Wildman–Crippen LogP) is 25.5. The van der Waals surface area contributed by atoms with Crippen LogP contribution in [0.3, 0.4) is 0 Å². The van der Waals surface area contributed by atoms with Crippen LogP contribution in [0.1, 0.15) is 413 Å². The zero-order valence-electron chi connectivity index (χ0n) is 46.4. The molecule has 0 bridgehead atoms. The van der Waals surface area contributed by atoms with Crippen molar-refractivity contribution < 1.29 is 0 Å². The lowest BCUT2D eigenvalue weighted by atomic mass is 10.0. The third-order valence-electron chi connectivity index (χ3n) is 14.9. The van der Waals surface area contributed by atoms with E-state index in [1.165, 1.54) is 385 Å². The van der Waals surface area contributed by atoms with Crippen molar-refractivity contribution in [3.63, 3.8) is 0 Å². The number of hydrogen-bond donors (Lipinski definition) is 0. The second-order valence-electron chi connectivity index (χ2n) is 21.8. The zero-order chi connectivity index (χ0) is 46.4. The maximum absolute atomic E-state index is 2.31. The predicted molar refractivity (Wildman–Crippen MR) is 300 cm³/mol. The molecule has 0 unspecified atom stereocenters. The first kappa shape index (κ1) is 66.1. The van der Waals surface area contributed by atoms with E-state index in [2.05, 4.69) is 27.7 Å². The molecule has 0 aromatic rings. The first-order valence-corrected chi connectivity index (χ1v) is 31.8. The van der Waals surface area contributed by atoms with Crippen molar-refractivity contribution in [2.45, 2.75) is 413 Å². The van der Waals surface area contributed by atoms with Crippen LogP contribution in [0.2, 0.25) is 0 Å². The van der Waals surface area contributed by atoms with Gasteiger partial charge in [-0.15, -0.1) is 0 Å². The Morgan fingerprint density at radius 3 is 0.172 bits per heavy atom. The highest BCUT2D eigenvalue weighted by Crippen LogP contribution is 2.19. The second-order valence-corrected chi connectivity index (χ2v) is 21.8. The van der Waals surface area contributed by atoms with Crippen molar-refractivity contribution in [3.05, 3.63) is 0 Å². The summed E-state index contributed by atoms with van der Waals surface area (Å²) in [4.78, 5) is 0. The van der Waals surface area contributed by atoms with Crippen LogP contribution < -0.4 is 0 Å². The van der Waals surface area contributed by atoms with E-state index in [4.69, 9.17) is 0 Å². The fourth-order valence-electron chi connectivity index (χ4n) is 10.2. The average molecular weight is 902 g/mol. The van der Waals surface area contributed by atoms with Crippen molar-refractivity contribution in [2.75, 3.05) is 0 Å². The SMILES string of the molecule is CCCCCCCCCCCCCCCCCCCCCCCCCCCCCCCC.CCCCCCCCCCCCCCCCCCCCCCCCCCCCCCCC. The normalized spacial score (nSPS) is 11.4. The van der Waals surface area contributed by atoms with E-state index in [0.29, 0.717) is 0 Å². The molecule has 388 valence electrons. The summed E-state index contributed by atoms with van der Waals surface area (Å²) >= 11 is 0. The summed E-state index contributed by atoms with van der Waals surface area (Å²) in [7, 11) is 0. The number of hydrogen-bond acceptors (Lipinski definition) is 0. The summed E-state index contributed by atoms with van der Waals surface area (Å²) < 4.78 is 0. The van der Waals surface area contributed by atoms with Gasteiger partial charge in [-0.1, -0.05) is 413 Å². The summed E-state index contributed by atoms with van der Waals surface area (Å²) in [6.07, 6.45) is 88.8. The summed E-state index contributed by atoms with van der Waals surface area (Å²) in [6, 6.07) is 0. The van der Waals surface area contributed by atoms with Gasteiger partial charge in [-0.2, -0.15) is 0 Å². The smallest absolute Gasteiger partial charge is 0.0533 e. The third kappa shape index (κ3) is 68.6. The topological polar surface area (TPSA) is 0 Å². The molecule has 0 aromatic carbocycles. The van der Waals surface area contributed by atoms with Crippen LogP contribution in [0.5, 0.6) is 0 Å². The highest BCUT2D eigenvalue weighted by molar-refractivity contribution is 4.55. The van der Waals surface area contributed by atoms with E-state index in [-0.39, 0.29) is 0 Å². The molecule has 0 atom stereocenters. The second kappa shape index (κ2) is 67.3. The molecule has 64 heavy (non-hydrogen) atoms. The molecule has 0 heterocycles. The van der Waals surface area contributed by atoms with Crippen LogP contribution in [0.15, 0.2) is 0 Å². The van der Waals surface area contributed by atoms with Gasteiger partial charge in [-0.25, -0.2) is 0 Å². The fraction of sp³-hybridized carbons (Fsp3) is 1.00. The Kier molecular flexibility index (Phi) is 69.5. The van der Waals surface area contributed by atoms with Gasteiger partial charge in [0.25, 0.3) is 0 Å². The van der Waals surface area contributed by atoms with Crippen molar-refractivity contribution >= 4 is 0 Å². The minimum Gasteiger partial charge on any atom is -0.0654 e. The Bertz CT molecular complexity index is 589. The largest absolute Gasteiger partial charge is 0.0654 e. The Morgan fingerprint density at radius 1 is 0.0781 bits per heavy atom. The average Bonchev–Trinajstić information content (AvgIpc) is 3.31. The van der Waals surface area contributed by atoms with E-state index < -0.39 is 0 Å². The molecule has 0 rings (SSSR count). The van der Waals surface area contributed by atoms with Crippen molar-refractivity contribution in [1.82, 2.24) is 0 Å². The Balaban J connectivity index is 0. The Labute approximate surface area is 411 Å². The van der Waals surface area contributed by atoms with Crippen LogP contribution in [0.4, 0.5) is 0 Å². The van der Waals surface area contributed by atoms with Gasteiger partial charge >= 0.3 is 0 Å². The van der Waals surface area contributed by atoms with Gasteiger partial charge in [-0.3, -0.25) is 0 Å². The summed E-state index contributed by atoms with van der Waals surface area (Å²) in [5, 5.41) is 0. The molecule has 0 saturated carbocycles. The minimum atomic E-state index is 1.37. The van der Waals surface area contributed by atoms with Crippen LogP contribution in [-0.4, -0.2) is 0 Å². The van der Waals surface area contributed by atoms with Crippen molar-refractivity contribution in [2.24, 2.45) is 0 Å². The Hall–Kier alpha value is 0. The van der Waals surface area contributed by atoms with Crippen LogP contribution in [0, 0.1) is 0 Å². The molecular weight excluding hydrogens is 769 g/mol. The minimum absolute atomic E-state index is 1.37. The summed E-state index contributed by atoms with van der Waals surface area (Å²) in [5.74, 6) is 0. The maximum Gasteiger partial charge on any atom is -0.0533 e. The van der Waals surface area contributed by atoms with E-state index in [1.54, 1.807) is 0 Å². The van der Waals surface area contributed by atoms with E-state index in [1.807, 2.05) is 0 Å². The van der Waals surface area contributed by atoms with Crippen LogP contribution in [-0.2, 0) is 0 Å². The lowest BCUT2D eigenvalue weighted by Gasteiger charge is -2.04. The summed E-state index contributed by atoms with van der Waals surface area (Å²) in [5.41, 5.74) is 0. The highest BCUT2D eigenvalue weighted by Gasteiger charge is 1.99. The number of rotatable bonds is 58. The molecule has 0 aliphatic heterocycles. The first-order valence-electron chi connectivity index (χ1n) is 31.8. The van der Waals surface area contributed by atoms with Gasteiger partial charge in [0, 0.05) is 0 Å². The molecule has 0 amide bonds. The molecule has 0 aliphatic rings. The van der Waals surface area contributed by atoms with Gasteiger partial charge < -0.3 is 0 Å². The molecule has 0 saturated heterocycles. The maximum atomic E-state index is 2.31. The quantitative estimate of drug-likeness (QED) is 0.0534. The van der Waals surface area contributed by atoms with Gasteiger partial charge in [0.1, 0.15) is 0 Å². The molecule has 0 spiro atoms. The number of unbranched alkanes of at least 4 members (excludes halogenated alkanes) is 58. The molecule has 0 nitrogen and oxygen atoms in total. The van der Waals surface area contributed by atoms with Crippen molar-refractivity contribution in [3.8, 4) is 0 Å². The molecule has 0 N–H and O–H groups in total. The first-order chi connectivity index (χ1) is 31.8. The zero-order valence-corrected chi connectivity index (χ0v) is 46.4. The molecule has 0 radical (unpaired) electrons. The standard InChI is InChI=1S/2C32H66/c2*1-3-5-7-9-11-13-15-17-19-21-23-25-27-29-31-32-30-28-26-24-22-20-18-16-14-12-10-8-6-4-2/h2*3-32H2,1-2H3. The van der Waals surface area contributed by atoms with Crippen molar-refractivity contribution in [1.29, 1.82) is 0 Å². The highest BCUT2D eigenvalue weighted by atomic mass is 14.1. The van der Waals surface area contributed by atoms with Crippen LogP contribution >= 0.6 is 0 Å². The van der Waals surface area contributed by atoms with E-state index >= 15 is 0 Å². The lowest BCUT2D eigenvalue weighted by molar-refractivity contribution is 0.513. The van der Waals surface area contributed by atoms with E-state index in [0.717, 1.165) is 0 Å². The fourth-order valence-corrected chi connectivity index (χ4v) is 10.2. The Morgan fingerprint density at radius 2 is 0.125 bits per heavy atom. The lowest BCUT2D eigenvalue weighted by Crippen LogP contribution is -1.85. The van der Waals surface area contributed by atoms with Gasteiger partial charge in [0.05, 0.1) is 0 Å². The molecular formula is C64H132. The van der Waals surface area contributed by atoms with E-state index in [9.17, 15) is 0 Å². The molecule has 0 aromatic heterocycles. The summed E-state index contributed by atoms with van der Waals surface area (Å²) in [6.45, 7) is 9.23. The molecule has 0 fully saturated rings. The third-order valence-corrected chi connectivity index (χ3v) is 14.9. The molecule has 0 heteroatoms. The van der Waals surface area contributed by atoms with Gasteiger partial charge in [0.15, 0.2) is 0 Å². The van der Waals surface area contributed by atoms with Gasteiger partial charge in [-0.05, 0) is 0 Å².